The number of anilines is 3. The van der Waals surface area contributed by atoms with Gasteiger partial charge in [-0.3, -0.25) is 5.32 Å². The topological polar surface area (TPSA) is 83.5 Å². The van der Waals surface area contributed by atoms with Crippen LogP contribution in [0.4, 0.5) is 21.9 Å². The number of benzene rings is 3. The van der Waals surface area contributed by atoms with Crippen molar-refractivity contribution in [1.82, 2.24) is 4.98 Å². The van der Waals surface area contributed by atoms with Crippen molar-refractivity contribution in [2.24, 2.45) is 0 Å². The number of aromatic nitrogens is 1. The molecule has 1 aromatic heterocycles. The van der Waals surface area contributed by atoms with Crippen molar-refractivity contribution in [3.05, 3.63) is 66.7 Å². The van der Waals surface area contributed by atoms with Crippen molar-refractivity contribution >= 4 is 45.0 Å². The van der Waals surface area contributed by atoms with Crippen LogP contribution in [0.2, 0.25) is 0 Å². The van der Waals surface area contributed by atoms with E-state index in [1.54, 1.807) is 19.1 Å². The summed E-state index contributed by atoms with van der Waals surface area (Å²) in [7, 11) is 0. The summed E-state index contributed by atoms with van der Waals surface area (Å²) in [6.07, 6.45) is -0.570. The molecule has 0 fully saturated rings. The van der Waals surface area contributed by atoms with Gasteiger partial charge in [-0.15, -0.1) is 0 Å². The van der Waals surface area contributed by atoms with E-state index in [4.69, 9.17) is 9.72 Å². The molecule has 4 aromatic rings. The number of fused-ring (bicyclic) bond motifs is 2. The molecule has 140 valence electrons. The molecule has 4 rings (SSSR count). The summed E-state index contributed by atoms with van der Waals surface area (Å²) >= 11 is 0. The fraction of sp³-hybridized carbons (Fsp3) is 0.0909. The minimum absolute atomic E-state index is 0.0273. The highest BCUT2D eigenvalue weighted by molar-refractivity contribution is 6.08. The number of hydrogen-bond donors (Lipinski definition) is 3. The average Bonchev–Trinajstić information content (AvgIpc) is 2.67. The highest BCUT2D eigenvalue weighted by Crippen LogP contribution is 2.34. The number of nitrogens with one attached hydrogen (secondary N) is 2. The lowest BCUT2D eigenvalue weighted by atomic mass is 10.1. The van der Waals surface area contributed by atoms with Gasteiger partial charge in [0.15, 0.2) is 0 Å². The molecule has 0 radical (unpaired) electrons. The maximum absolute atomic E-state index is 11.7. The number of aromatic hydroxyl groups is 1. The molecule has 0 unspecified atom stereocenters. The summed E-state index contributed by atoms with van der Waals surface area (Å²) in [6, 6.07) is 20.5. The van der Waals surface area contributed by atoms with Crippen LogP contribution in [0.3, 0.4) is 0 Å². The lowest BCUT2D eigenvalue weighted by molar-refractivity contribution is 0.168. The molecule has 0 aliphatic carbocycles. The first-order valence-corrected chi connectivity index (χ1v) is 8.96. The van der Waals surface area contributed by atoms with E-state index in [1.165, 1.54) is 6.07 Å². The highest BCUT2D eigenvalue weighted by atomic mass is 16.5. The molecule has 0 aliphatic heterocycles. The molecule has 0 aliphatic rings. The molecule has 0 spiro atoms. The number of nitrogens with zero attached hydrogens (tertiary/aromatic N) is 1. The zero-order valence-electron chi connectivity index (χ0n) is 15.3. The Morgan fingerprint density at radius 1 is 0.964 bits per heavy atom. The van der Waals surface area contributed by atoms with Crippen molar-refractivity contribution in [3.8, 4) is 5.75 Å². The zero-order chi connectivity index (χ0) is 19.5. The van der Waals surface area contributed by atoms with E-state index in [2.05, 4.69) is 10.6 Å². The molecule has 6 heteroatoms. The summed E-state index contributed by atoms with van der Waals surface area (Å²) in [5, 5.41) is 18.0. The predicted octanol–water partition coefficient (Wildman–Crippen LogP) is 5.41. The van der Waals surface area contributed by atoms with Gasteiger partial charge in [-0.1, -0.05) is 36.4 Å². The van der Waals surface area contributed by atoms with Crippen LogP contribution in [0.25, 0.3) is 21.8 Å². The second-order valence-electron chi connectivity index (χ2n) is 6.26. The zero-order valence-corrected chi connectivity index (χ0v) is 15.3. The highest BCUT2D eigenvalue weighted by Gasteiger charge is 2.11. The number of carbonyl (C=O) groups excluding carboxylic acids is 1. The van der Waals surface area contributed by atoms with Gasteiger partial charge in [-0.05, 0) is 25.1 Å². The van der Waals surface area contributed by atoms with E-state index in [1.807, 2.05) is 48.5 Å². The molecule has 1 amide bonds. The maximum Gasteiger partial charge on any atom is 0.411 e. The van der Waals surface area contributed by atoms with Crippen molar-refractivity contribution < 1.29 is 14.6 Å². The molecular formula is C22H19N3O3. The Hall–Kier alpha value is -3.80. The number of phenolic OH excluding ortho intramolecular Hbond substituents is 1. The van der Waals surface area contributed by atoms with E-state index in [9.17, 15) is 9.90 Å². The number of phenols is 1. The van der Waals surface area contributed by atoms with Gasteiger partial charge in [-0.25, -0.2) is 9.78 Å². The number of para-hydroxylation sites is 2. The number of rotatable bonds is 4. The Balaban J connectivity index is 1.79. The molecule has 0 bridgehead atoms. The van der Waals surface area contributed by atoms with Crippen LogP contribution >= 0.6 is 0 Å². The number of ether oxygens (including phenoxy) is 1. The van der Waals surface area contributed by atoms with E-state index < -0.39 is 6.09 Å². The van der Waals surface area contributed by atoms with Gasteiger partial charge in [0.25, 0.3) is 0 Å². The Morgan fingerprint density at radius 2 is 1.57 bits per heavy atom. The Labute approximate surface area is 161 Å². The van der Waals surface area contributed by atoms with Gasteiger partial charge in [0.1, 0.15) is 5.75 Å². The lowest BCUT2D eigenvalue weighted by Crippen LogP contribution is -2.13. The molecule has 0 atom stereocenters. The lowest BCUT2D eigenvalue weighted by Gasteiger charge is -2.15. The Morgan fingerprint density at radius 3 is 2.21 bits per heavy atom. The maximum atomic E-state index is 11.7. The number of amides is 1. The monoisotopic (exact) mass is 373 g/mol. The summed E-state index contributed by atoms with van der Waals surface area (Å²) in [5.74, 6) is 0.0273. The summed E-state index contributed by atoms with van der Waals surface area (Å²) in [6.45, 7) is 2.00. The standard InChI is InChI=1S/C22H19N3O3/c1-2-28-22(27)24-15-11-14(12-16(26)13-15)23-21-17-7-3-5-9-19(17)25-20-10-6-4-8-18(20)21/h3-13,26H,2H2,1H3,(H,23,25)(H,24,27). The molecule has 1 heterocycles. The smallest absolute Gasteiger partial charge is 0.411 e. The van der Waals surface area contributed by atoms with Crippen LogP contribution in [0.5, 0.6) is 5.75 Å². The van der Waals surface area contributed by atoms with Gasteiger partial charge in [0, 0.05) is 34.3 Å². The number of pyridine rings is 1. The van der Waals surface area contributed by atoms with Gasteiger partial charge in [0.05, 0.1) is 23.3 Å². The van der Waals surface area contributed by atoms with Crippen molar-refractivity contribution in [3.63, 3.8) is 0 Å². The Bertz CT molecular complexity index is 1120. The predicted molar refractivity (Wildman–Crippen MR) is 111 cm³/mol. The first kappa shape index (κ1) is 17.6. The molecular weight excluding hydrogens is 354 g/mol. The van der Waals surface area contributed by atoms with Gasteiger partial charge in [0.2, 0.25) is 0 Å². The van der Waals surface area contributed by atoms with E-state index >= 15 is 0 Å². The largest absolute Gasteiger partial charge is 0.508 e. The van der Waals surface area contributed by atoms with Gasteiger partial charge >= 0.3 is 6.09 Å². The van der Waals surface area contributed by atoms with Crippen LogP contribution < -0.4 is 10.6 Å². The number of hydrogen-bond acceptors (Lipinski definition) is 5. The van der Waals surface area contributed by atoms with Crippen LogP contribution in [0.1, 0.15) is 6.92 Å². The third-order valence-corrected chi connectivity index (χ3v) is 4.30. The normalized spacial score (nSPS) is 10.8. The first-order valence-electron chi connectivity index (χ1n) is 8.96. The van der Waals surface area contributed by atoms with Crippen LogP contribution in [-0.4, -0.2) is 22.8 Å². The van der Waals surface area contributed by atoms with Crippen LogP contribution in [0.15, 0.2) is 66.7 Å². The molecule has 28 heavy (non-hydrogen) atoms. The van der Waals surface area contributed by atoms with Gasteiger partial charge < -0.3 is 15.2 Å². The minimum atomic E-state index is -0.570. The molecule has 6 nitrogen and oxygen atoms in total. The SMILES string of the molecule is CCOC(=O)Nc1cc(O)cc(Nc2c3ccccc3nc3ccccc23)c1. The second kappa shape index (κ2) is 7.44. The minimum Gasteiger partial charge on any atom is -0.508 e. The molecule has 3 N–H and O–H groups in total. The molecule has 0 saturated heterocycles. The fourth-order valence-corrected chi connectivity index (χ4v) is 3.16. The first-order chi connectivity index (χ1) is 13.6. The summed E-state index contributed by atoms with van der Waals surface area (Å²) in [4.78, 5) is 16.4. The van der Waals surface area contributed by atoms with Crippen LogP contribution in [0, 0.1) is 0 Å². The van der Waals surface area contributed by atoms with Gasteiger partial charge in [-0.2, -0.15) is 0 Å². The summed E-state index contributed by atoms with van der Waals surface area (Å²) < 4.78 is 4.90. The fourth-order valence-electron chi connectivity index (χ4n) is 3.16. The third kappa shape index (κ3) is 3.53. The molecule has 0 saturated carbocycles. The quantitative estimate of drug-likeness (QED) is 0.417. The van der Waals surface area contributed by atoms with E-state index in [0.29, 0.717) is 11.4 Å². The van der Waals surface area contributed by atoms with E-state index in [0.717, 1.165) is 27.5 Å². The van der Waals surface area contributed by atoms with Crippen LogP contribution in [-0.2, 0) is 4.74 Å². The van der Waals surface area contributed by atoms with E-state index in [-0.39, 0.29) is 12.4 Å². The van der Waals surface area contributed by atoms with Crippen molar-refractivity contribution in [2.75, 3.05) is 17.2 Å². The van der Waals surface area contributed by atoms with Crippen molar-refractivity contribution in [2.45, 2.75) is 6.92 Å². The van der Waals surface area contributed by atoms with Crippen molar-refractivity contribution in [1.29, 1.82) is 0 Å². The number of carbonyl (C=O) groups is 1. The Kier molecular flexibility index (Phi) is 4.68. The second-order valence-corrected chi connectivity index (χ2v) is 6.26. The average molecular weight is 373 g/mol. The third-order valence-electron chi connectivity index (χ3n) is 4.30. The summed E-state index contributed by atoms with van der Waals surface area (Å²) in [5.41, 5.74) is 3.69. The molecule has 3 aromatic carbocycles.